The van der Waals surface area contributed by atoms with Crippen LogP contribution in [0.5, 0.6) is 0 Å². The normalized spacial score (nSPS) is 16.6. The standard InChI is InChI=1S/C14H17N3O2/c1-2-4-12(5-3-1)10-13-15-16-14(19-13)11-17-6-8-18-9-7-17/h1-5H,6-11H2. The molecule has 3 rings (SSSR count). The van der Waals surface area contributed by atoms with Gasteiger partial charge >= 0.3 is 0 Å². The van der Waals surface area contributed by atoms with Crippen LogP contribution in [0.4, 0.5) is 0 Å². The van der Waals surface area contributed by atoms with Crippen molar-refractivity contribution in [2.75, 3.05) is 26.3 Å². The molecule has 1 aliphatic heterocycles. The summed E-state index contributed by atoms with van der Waals surface area (Å²) in [6, 6.07) is 10.2. The number of hydrogen-bond donors (Lipinski definition) is 0. The molecule has 1 aromatic heterocycles. The van der Waals surface area contributed by atoms with E-state index in [0.29, 0.717) is 24.7 Å². The van der Waals surface area contributed by atoms with Gasteiger partial charge in [-0.05, 0) is 5.56 Å². The molecule has 5 nitrogen and oxygen atoms in total. The van der Waals surface area contributed by atoms with Crippen molar-refractivity contribution in [3.05, 3.63) is 47.7 Å². The maximum atomic E-state index is 5.69. The lowest BCUT2D eigenvalue weighted by Crippen LogP contribution is -2.35. The first-order valence-electron chi connectivity index (χ1n) is 6.55. The molecular weight excluding hydrogens is 242 g/mol. The van der Waals surface area contributed by atoms with Crippen LogP contribution >= 0.6 is 0 Å². The molecule has 1 fully saturated rings. The lowest BCUT2D eigenvalue weighted by Gasteiger charge is -2.24. The SMILES string of the molecule is c1ccc(Cc2nnc(CN3CCOCC3)o2)cc1. The van der Waals surface area contributed by atoms with Crippen LogP contribution in [0.2, 0.25) is 0 Å². The largest absolute Gasteiger partial charge is 0.424 e. The van der Waals surface area contributed by atoms with E-state index in [1.54, 1.807) is 0 Å². The highest BCUT2D eigenvalue weighted by molar-refractivity contribution is 5.17. The molecule has 1 aliphatic rings. The molecule has 0 unspecified atom stereocenters. The summed E-state index contributed by atoms with van der Waals surface area (Å²) in [5.41, 5.74) is 1.18. The van der Waals surface area contributed by atoms with Crippen molar-refractivity contribution in [1.82, 2.24) is 15.1 Å². The summed E-state index contributed by atoms with van der Waals surface area (Å²) in [5.74, 6) is 1.36. The maximum Gasteiger partial charge on any atom is 0.230 e. The fourth-order valence-corrected chi connectivity index (χ4v) is 2.14. The minimum atomic E-state index is 0.675. The van der Waals surface area contributed by atoms with Gasteiger partial charge in [0.1, 0.15) is 0 Å². The molecule has 5 heteroatoms. The summed E-state index contributed by atoms with van der Waals surface area (Å²) in [6.45, 7) is 4.13. The van der Waals surface area contributed by atoms with E-state index in [-0.39, 0.29) is 0 Å². The van der Waals surface area contributed by atoms with Crippen LogP contribution in [-0.4, -0.2) is 41.4 Å². The van der Waals surface area contributed by atoms with Crippen molar-refractivity contribution in [2.45, 2.75) is 13.0 Å². The van der Waals surface area contributed by atoms with Crippen LogP contribution in [0.15, 0.2) is 34.7 Å². The Morgan fingerprint density at radius 3 is 2.53 bits per heavy atom. The van der Waals surface area contributed by atoms with Crippen LogP contribution in [0.1, 0.15) is 17.3 Å². The summed E-state index contributed by atoms with van der Waals surface area (Å²) in [7, 11) is 0. The van der Waals surface area contributed by atoms with Gasteiger partial charge in [0.15, 0.2) is 0 Å². The molecule has 0 atom stereocenters. The minimum Gasteiger partial charge on any atom is -0.424 e. The Balaban J connectivity index is 1.59. The maximum absolute atomic E-state index is 5.69. The smallest absolute Gasteiger partial charge is 0.230 e. The van der Waals surface area contributed by atoms with Crippen LogP contribution < -0.4 is 0 Å². The first kappa shape index (κ1) is 12.3. The van der Waals surface area contributed by atoms with Crippen molar-refractivity contribution in [3.8, 4) is 0 Å². The van der Waals surface area contributed by atoms with E-state index >= 15 is 0 Å². The highest BCUT2D eigenvalue weighted by Gasteiger charge is 2.14. The number of nitrogens with zero attached hydrogens (tertiary/aromatic N) is 3. The number of hydrogen-bond acceptors (Lipinski definition) is 5. The van der Waals surface area contributed by atoms with Crippen LogP contribution in [0, 0.1) is 0 Å². The van der Waals surface area contributed by atoms with Gasteiger partial charge in [-0.2, -0.15) is 0 Å². The Hall–Kier alpha value is -1.72. The molecular formula is C14H17N3O2. The average molecular weight is 259 g/mol. The van der Waals surface area contributed by atoms with E-state index in [4.69, 9.17) is 9.15 Å². The second-order valence-electron chi connectivity index (χ2n) is 4.64. The predicted molar refractivity (Wildman–Crippen MR) is 69.6 cm³/mol. The van der Waals surface area contributed by atoms with Gasteiger partial charge in [-0.3, -0.25) is 4.90 Å². The fourth-order valence-electron chi connectivity index (χ4n) is 2.14. The highest BCUT2D eigenvalue weighted by Crippen LogP contribution is 2.10. The highest BCUT2D eigenvalue weighted by atomic mass is 16.5. The third-order valence-electron chi connectivity index (χ3n) is 3.17. The monoisotopic (exact) mass is 259 g/mol. The first-order valence-corrected chi connectivity index (χ1v) is 6.55. The second kappa shape index (κ2) is 5.95. The van der Waals surface area contributed by atoms with Crippen LogP contribution in [-0.2, 0) is 17.7 Å². The van der Waals surface area contributed by atoms with Crippen molar-refractivity contribution in [2.24, 2.45) is 0 Å². The lowest BCUT2D eigenvalue weighted by atomic mass is 10.2. The molecule has 0 N–H and O–H groups in total. The third-order valence-corrected chi connectivity index (χ3v) is 3.17. The van der Waals surface area contributed by atoms with E-state index in [1.165, 1.54) is 5.56 Å². The molecule has 0 amide bonds. The molecule has 0 saturated carbocycles. The molecule has 1 aromatic carbocycles. The van der Waals surface area contributed by atoms with Gasteiger partial charge in [0.25, 0.3) is 0 Å². The molecule has 2 aromatic rings. The van der Waals surface area contributed by atoms with Crippen molar-refractivity contribution >= 4 is 0 Å². The predicted octanol–water partition coefficient (Wildman–Crippen LogP) is 1.49. The van der Waals surface area contributed by atoms with E-state index < -0.39 is 0 Å². The van der Waals surface area contributed by atoms with Gasteiger partial charge < -0.3 is 9.15 Å². The van der Waals surface area contributed by atoms with Crippen LogP contribution in [0.25, 0.3) is 0 Å². The summed E-state index contributed by atoms with van der Waals surface area (Å²) in [4.78, 5) is 2.27. The summed E-state index contributed by atoms with van der Waals surface area (Å²) in [5, 5.41) is 8.21. The average Bonchev–Trinajstić information content (AvgIpc) is 2.88. The molecule has 19 heavy (non-hydrogen) atoms. The third kappa shape index (κ3) is 3.39. The van der Waals surface area contributed by atoms with E-state index in [2.05, 4.69) is 27.2 Å². The van der Waals surface area contributed by atoms with Crippen LogP contribution in [0.3, 0.4) is 0 Å². The molecule has 0 aliphatic carbocycles. The quantitative estimate of drug-likeness (QED) is 0.832. The Kier molecular flexibility index (Phi) is 3.86. The minimum absolute atomic E-state index is 0.675. The summed E-state index contributed by atoms with van der Waals surface area (Å²) in [6.07, 6.45) is 0.691. The van der Waals surface area contributed by atoms with E-state index in [9.17, 15) is 0 Å². The zero-order chi connectivity index (χ0) is 12.9. The summed E-state index contributed by atoms with van der Waals surface area (Å²) < 4.78 is 11.0. The number of morpholine rings is 1. The van der Waals surface area contributed by atoms with Gasteiger partial charge in [0.05, 0.1) is 26.2 Å². The zero-order valence-electron chi connectivity index (χ0n) is 10.8. The number of ether oxygens (including phenoxy) is 1. The molecule has 0 bridgehead atoms. The van der Waals surface area contributed by atoms with Gasteiger partial charge in [-0.15, -0.1) is 10.2 Å². The Morgan fingerprint density at radius 1 is 1.00 bits per heavy atom. The molecule has 100 valence electrons. The molecule has 0 spiro atoms. The van der Waals surface area contributed by atoms with Crippen molar-refractivity contribution in [1.29, 1.82) is 0 Å². The van der Waals surface area contributed by atoms with E-state index in [0.717, 1.165) is 26.3 Å². The Labute approximate surface area is 112 Å². The zero-order valence-corrected chi connectivity index (χ0v) is 10.8. The second-order valence-corrected chi connectivity index (χ2v) is 4.64. The summed E-state index contributed by atoms with van der Waals surface area (Å²) >= 11 is 0. The van der Waals surface area contributed by atoms with Gasteiger partial charge in [0, 0.05) is 13.1 Å². The van der Waals surface area contributed by atoms with Crippen molar-refractivity contribution in [3.63, 3.8) is 0 Å². The number of rotatable bonds is 4. The fraction of sp³-hybridized carbons (Fsp3) is 0.429. The Morgan fingerprint density at radius 2 is 1.74 bits per heavy atom. The molecule has 1 saturated heterocycles. The number of aromatic nitrogens is 2. The molecule has 0 radical (unpaired) electrons. The molecule has 2 heterocycles. The van der Waals surface area contributed by atoms with Gasteiger partial charge in [-0.25, -0.2) is 0 Å². The Bertz CT molecular complexity index is 506. The van der Waals surface area contributed by atoms with Gasteiger partial charge in [0.2, 0.25) is 11.8 Å². The first-order chi connectivity index (χ1) is 9.40. The topological polar surface area (TPSA) is 51.4 Å². The van der Waals surface area contributed by atoms with Crippen molar-refractivity contribution < 1.29 is 9.15 Å². The van der Waals surface area contributed by atoms with Gasteiger partial charge in [-0.1, -0.05) is 30.3 Å². The lowest BCUT2D eigenvalue weighted by molar-refractivity contribution is 0.0304. The van der Waals surface area contributed by atoms with E-state index in [1.807, 2.05) is 18.2 Å². The number of benzene rings is 1.